The third-order valence-electron chi connectivity index (χ3n) is 4.60. The fourth-order valence-corrected chi connectivity index (χ4v) is 4.44. The van der Waals surface area contributed by atoms with Crippen molar-refractivity contribution in [3.05, 3.63) is 72.8 Å². The van der Waals surface area contributed by atoms with Crippen LogP contribution in [0, 0.1) is 11.3 Å². The summed E-state index contributed by atoms with van der Waals surface area (Å²) in [5, 5.41) is 13.1. The molecule has 2 heterocycles. The Balaban J connectivity index is 1.75. The fraction of sp³-hybridized carbons (Fsp3) is 0.0870. The van der Waals surface area contributed by atoms with Crippen molar-refractivity contribution >= 4 is 57.2 Å². The van der Waals surface area contributed by atoms with Crippen LogP contribution in [0.1, 0.15) is 10.6 Å². The van der Waals surface area contributed by atoms with Crippen LogP contribution in [0.15, 0.2) is 51.0 Å². The molecule has 0 fully saturated rings. The van der Waals surface area contributed by atoms with E-state index in [2.05, 4.69) is 11.1 Å². The molecule has 0 radical (unpaired) electrons. The van der Waals surface area contributed by atoms with Crippen LogP contribution >= 0.6 is 34.5 Å². The number of nitriles is 1. The first kappa shape index (κ1) is 21.9. The minimum absolute atomic E-state index is 0.250. The van der Waals surface area contributed by atoms with Crippen molar-refractivity contribution in [3.63, 3.8) is 0 Å². The molecule has 4 aromatic rings. The third-order valence-corrected chi connectivity index (χ3v) is 5.98. The topological polar surface area (TPSA) is 85.4 Å². The number of hydrogen-bond donors (Lipinski definition) is 0. The Morgan fingerprint density at radius 1 is 1.16 bits per heavy atom. The molecule has 2 aromatic heterocycles. The van der Waals surface area contributed by atoms with Gasteiger partial charge in [0.2, 0.25) is 0 Å². The van der Waals surface area contributed by atoms with Crippen LogP contribution in [-0.2, 0) is 0 Å². The lowest BCUT2D eigenvalue weighted by atomic mass is 10.1. The first-order valence-corrected chi connectivity index (χ1v) is 10.8. The fourth-order valence-electron chi connectivity index (χ4n) is 3.11. The number of rotatable bonds is 5. The number of halogens is 2. The monoisotopic (exact) mass is 484 g/mol. The lowest BCUT2D eigenvalue weighted by Gasteiger charge is -2.07. The largest absolute Gasteiger partial charge is 0.493 e. The summed E-state index contributed by atoms with van der Waals surface area (Å²) in [6.07, 6.45) is 1.69. The number of thiazole rings is 1. The van der Waals surface area contributed by atoms with E-state index in [0.717, 1.165) is 5.56 Å². The average Bonchev–Trinajstić information content (AvgIpc) is 3.27. The molecule has 32 heavy (non-hydrogen) atoms. The highest BCUT2D eigenvalue weighted by Crippen LogP contribution is 2.32. The van der Waals surface area contributed by atoms with Gasteiger partial charge < -0.3 is 13.9 Å². The Bertz CT molecular complexity index is 1470. The molecule has 0 unspecified atom stereocenters. The molecule has 2 aromatic carbocycles. The highest BCUT2D eigenvalue weighted by molar-refractivity contribution is 7.11. The molecule has 0 aliphatic heterocycles. The molecule has 4 rings (SSSR count). The predicted octanol–water partition coefficient (Wildman–Crippen LogP) is 6.30. The molecular formula is C23H14Cl2N2O4S. The molecule has 0 saturated carbocycles. The first-order valence-electron chi connectivity index (χ1n) is 9.16. The lowest BCUT2D eigenvalue weighted by Crippen LogP contribution is -2.03. The zero-order chi connectivity index (χ0) is 22.8. The van der Waals surface area contributed by atoms with E-state index < -0.39 is 5.63 Å². The summed E-state index contributed by atoms with van der Waals surface area (Å²) in [6.45, 7) is 0. The van der Waals surface area contributed by atoms with Gasteiger partial charge in [0.1, 0.15) is 11.1 Å². The summed E-state index contributed by atoms with van der Waals surface area (Å²) in [7, 11) is 3.09. The summed E-state index contributed by atoms with van der Waals surface area (Å²) in [6, 6.07) is 12.3. The van der Waals surface area contributed by atoms with Crippen LogP contribution in [0.5, 0.6) is 11.5 Å². The molecule has 0 aliphatic rings. The van der Waals surface area contributed by atoms with Gasteiger partial charge in [0, 0.05) is 15.8 Å². The summed E-state index contributed by atoms with van der Waals surface area (Å²) in [5.41, 5.74) is 1.40. The molecular weight excluding hydrogens is 471 g/mol. The third kappa shape index (κ3) is 4.21. The maximum Gasteiger partial charge on any atom is 0.345 e. The summed E-state index contributed by atoms with van der Waals surface area (Å²) in [5.74, 6) is 1.13. The Kier molecular flexibility index (Phi) is 6.19. The number of benzene rings is 2. The lowest BCUT2D eigenvalue weighted by molar-refractivity contribution is 0.355. The smallest absolute Gasteiger partial charge is 0.345 e. The average molecular weight is 485 g/mol. The minimum atomic E-state index is -0.582. The maximum atomic E-state index is 12.5. The zero-order valence-electron chi connectivity index (χ0n) is 16.8. The molecule has 6 nitrogen and oxygen atoms in total. The molecule has 0 aliphatic carbocycles. The first-order chi connectivity index (χ1) is 15.4. The van der Waals surface area contributed by atoms with E-state index in [1.54, 1.807) is 56.0 Å². The molecule has 9 heteroatoms. The Morgan fingerprint density at radius 3 is 2.66 bits per heavy atom. The van der Waals surface area contributed by atoms with Crippen molar-refractivity contribution in [1.29, 1.82) is 5.26 Å². The second-order valence-electron chi connectivity index (χ2n) is 6.58. The number of hydrogen-bond acceptors (Lipinski definition) is 7. The standard InChI is InChI=1S/C23H14Cl2N2O4S/c1-29-19-4-3-12(6-20(19)30-2)5-14(10-26)22-27-18(11-32-22)16-8-13-7-15(24)9-17(25)21(13)31-23(16)28/h3-9,11H,1-2H3. The number of fused-ring (bicyclic) bond motifs is 1. The van der Waals surface area contributed by atoms with E-state index in [9.17, 15) is 10.1 Å². The van der Waals surface area contributed by atoms with E-state index in [1.165, 1.54) is 17.4 Å². The molecule has 0 saturated heterocycles. The number of nitrogens with zero attached hydrogens (tertiary/aromatic N) is 2. The van der Waals surface area contributed by atoms with Crippen LogP contribution in [0.4, 0.5) is 0 Å². The highest BCUT2D eigenvalue weighted by atomic mass is 35.5. The number of methoxy groups -OCH3 is 2. The minimum Gasteiger partial charge on any atom is -0.493 e. The molecule has 0 atom stereocenters. The van der Waals surface area contributed by atoms with Crippen LogP contribution < -0.4 is 15.1 Å². The van der Waals surface area contributed by atoms with Gasteiger partial charge in [0.25, 0.3) is 0 Å². The van der Waals surface area contributed by atoms with Crippen LogP contribution in [-0.4, -0.2) is 19.2 Å². The van der Waals surface area contributed by atoms with Crippen LogP contribution in [0.3, 0.4) is 0 Å². The van der Waals surface area contributed by atoms with Gasteiger partial charge in [-0.1, -0.05) is 29.3 Å². The summed E-state index contributed by atoms with van der Waals surface area (Å²) in [4.78, 5) is 17.0. The van der Waals surface area contributed by atoms with Crippen molar-refractivity contribution in [2.75, 3.05) is 14.2 Å². The van der Waals surface area contributed by atoms with E-state index in [0.29, 0.717) is 38.2 Å². The quantitative estimate of drug-likeness (QED) is 0.244. The summed E-state index contributed by atoms with van der Waals surface area (Å²) >= 11 is 13.4. The van der Waals surface area contributed by atoms with Crippen molar-refractivity contribution in [2.24, 2.45) is 0 Å². The Hall–Kier alpha value is -3.31. The van der Waals surface area contributed by atoms with Gasteiger partial charge in [-0.05, 0) is 42.0 Å². The zero-order valence-corrected chi connectivity index (χ0v) is 19.1. The van der Waals surface area contributed by atoms with E-state index in [4.69, 9.17) is 37.1 Å². The SMILES string of the molecule is COc1ccc(C=C(C#N)c2nc(-c3cc4cc(Cl)cc(Cl)c4oc3=O)cs2)cc1OC. The molecule has 0 spiro atoms. The maximum absolute atomic E-state index is 12.5. The second kappa shape index (κ2) is 9.05. The van der Waals surface area contributed by atoms with Crippen molar-refractivity contribution in [1.82, 2.24) is 4.98 Å². The molecule has 0 N–H and O–H groups in total. The van der Waals surface area contributed by atoms with Crippen molar-refractivity contribution < 1.29 is 13.9 Å². The van der Waals surface area contributed by atoms with E-state index >= 15 is 0 Å². The van der Waals surface area contributed by atoms with Gasteiger partial charge in [-0.15, -0.1) is 11.3 Å². The van der Waals surface area contributed by atoms with Gasteiger partial charge in [0.05, 0.1) is 36.1 Å². The van der Waals surface area contributed by atoms with Crippen molar-refractivity contribution in [3.8, 4) is 28.8 Å². The number of ether oxygens (including phenoxy) is 2. The second-order valence-corrected chi connectivity index (χ2v) is 8.28. The van der Waals surface area contributed by atoms with E-state index in [1.807, 2.05) is 0 Å². The number of aromatic nitrogens is 1. The van der Waals surface area contributed by atoms with Gasteiger partial charge in [0.15, 0.2) is 17.1 Å². The van der Waals surface area contributed by atoms with Gasteiger partial charge in [-0.3, -0.25) is 0 Å². The number of allylic oxidation sites excluding steroid dienone is 1. The molecule has 160 valence electrons. The Labute approximate surface area is 196 Å². The Morgan fingerprint density at radius 2 is 1.94 bits per heavy atom. The van der Waals surface area contributed by atoms with Gasteiger partial charge in [-0.25, -0.2) is 9.78 Å². The van der Waals surface area contributed by atoms with Crippen LogP contribution in [0.25, 0.3) is 33.9 Å². The van der Waals surface area contributed by atoms with Crippen LogP contribution in [0.2, 0.25) is 10.0 Å². The van der Waals surface area contributed by atoms with Gasteiger partial charge >= 0.3 is 5.63 Å². The molecule has 0 amide bonds. The highest BCUT2D eigenvalue weighted by Gasteiger charge is 2.16. The predicted molar refractivity (Wildman–Crippen MR) is 127 cm³/mol. The summed E-state index contributed by atoms with van der Waals surface area (Å²) < 4.78 is 15.9. The van der Waals surface area contributed by atoms with E-state index in [-0.39, 0.29) is 16.2 Å². The van der Waals surface area contributed by atoms with Crippen molar-refractivity contribution in [2.45, 2.75) is 0 Å². The normalized spacial score (nSPS) is 11.4. The van der Waals surface area contributed by atoms with Gasteiger partial charge in [-0.2, -0.15) is 5.26 Å². The molecule has 0 bridgehead atoms.